The van der Waals surface area contributed by atoms with Gasteiger partial charge in [0.1, 0.15) is 0 Å². The first-order valence-electron chi connectivity index (χ1n) is 5.15. The summed E-state index contributed by atoms with van der Waals surface area (Å²) in [4.78, 5) is 11.5. The summed E-state index contributed by atoms with van der Waals surface area (Å²) in [6.07, 6.45) is 2.08. The Bertz CT molecular complexity index is 557. The molecule has 5 heteroatoms. The molecule has 0 N–H and O–H groups in total. The Labute approximate surface area is 103 Å². The number of hydrogen-bond donors (Lipinski definition) is 0. The summed E-state index contributed by atoms with van der Waals surface area (Å²) in [7, 11) is 0. The molecule has 4 nitrogen and oxygen atoms in total. The molecule has 17 heavy (non-hydrogen) atoms. The highest BCUT2D eigenvalue weighted by Crippen LogP contribution is 2.01. The van der Waals surface area contributed by atoms with Gasteiger partial charge in [-0.1, -0.05) is 48.0 Å². The van der Waals surface area contributed by atoms with Crippen LogP contribution in [0.2, 0.25) is 0 Å². The number of aromatic nitrogens is 2. The zero-order valence-corrected chi connectivity index (χ0v) is 9.80. The molecule has 0 fully saturated rings. The zero-order valence-electron chi connectivity index (χ0n) is 9.04. The lowest BCUT2D eigenvalue weighted by atomic mass is 10.2. The molecule has 0 saturated heterocycles. The maximum atomic E-state index is 11.5. The van der Waals surface area contributed by atoms with E-state index in [0.717, 1.165) is 5.56 Å². The first-order chi connectivity index (χ1) is 8.29. The van der Waals surface area contributed by atoms with E-state index in [1.165, 1.54) is 10.2 Å². The molecule has 0 saturated carbocycles. The van der Waals surface area contributed by atoms with Crippen LogP contribution in [-0.2, 0) is 13.0 Å². The minimum atomic E-state index is -0.452. The van der Waals surface area contributed by atoms with Crippen molar-refractivity contribution >= 4 is 11.6 Å². The van der Waals surface area contributed by atoms with Crippen LogP contribution in [0.4, 0.5) is 0 Å². The van der Waals surface area contributed by atoms with Gasteiger partial charge in [0, 0.05) is 12.0 Å². The third-order valence-electron chi connectivity index (χ3n) is 2.20. The van der Waals surface area contributed by atoms with Crippen molar-refractivity contribution in [1.29, 1.82) is 0 Å². The van der Waals surface area contributed by atoms with Crippen molar-refractivity contribution in [1.82, 2.24) is 9.78 Å². The predicted molar refractivity (Wildman–Crippen MR) is 65.0 cm³/mol. The molecule has 0 radical (unpaired) electrons. The highest BCUT2D eigenvalue weighted by molar-refractivity contribution is 6.25. The lowest BCUT2D eigenvalue weighted by molar-refractivity contribution is 0.458. The molecule has 0 unspecified atom stereocenters. The van der Waals surface area contributed by atoms with Crippen LogP contribution >= 0.6 is 11.6 Å². The molecular weight excluding hydrogens is 240 g/mol. The van der Waals surface area contributed by atoms with Crippen LogP contribution in [0.5, 0.6) is 0 Å². The lowest BCUT2D eigenvalue weighted by Crippen LogP contribution is -2.16. The van der Waals surface area contributed by atoms with E-state index < -0.39 is 5.76 Å². The maximum Gasteiger partial charge on any atom is 0.437 e. The molecule has 0 aliphatic heterocycles. The van der Waals surface area contributed by atoms with Gasteiger partial charge in [0.25, 0.3) is 0 Å². The van der Waals surface area contributed by atoms with Gasteiger partial charge in [0.05, 0.1) is 6.54 Å². The normalized spacial score (nSPS) is 11.1. The van der Waals surface area contributed by atoms with E-state index in [9.17, 15) is 4.79 Å². The molecule has 0 aliphatic carbocycles. The van der Waals surface area contributed by atoms with Crippen molar-refractivity contribution in [3.8, 4) is 0 Å². The number of rotatable bonds is 4. The second-order valence-electron chi connectivity index (χ2n) is 3.47. The average molecular weight is 251 g/mol. The van der Waals surface area contributed by atoms with Crippen molar-refractivity contribution in [2.75, 3.05) is 0 Å². The van der Waals surface area contributed by atoms with Crippen LogP contribution in [0, 0.1) is 0 Å². The van der Waals surface area contributed by atoms with Gasteiger partial charge in [-0.15, -0.1) is 5.10 Å². The van der Waals surface area contributed by atoms with Gasteiger partial charge in [-0.2, -0.15) is 4.68 Å². The fourth-order valence-corrected chi connectivity index (χ4v) is 1.52. The maximum absolute atomic E-state index is 11.5. The summed E-state index contributed by atoms with van der Waals surface area (Å²) < 4.78 is 6.27. The first-order valence-corrected chi connectivity index (χ1v) is 5.59. The first kappa shape index (κ1) is 11.7. The average Bonchev–Trinajstić information content (AvgIpc) is 2.69. The zero-order chi connectivity index (χ0) is 12.1. The summed E-state index contributed by atoms with van der Waals surface area (Å²) in [5.41, 5.74) is 2.37. The Balaban J connectivity index is 2.16. The van der Waals surface area contributed by atoms with Crippen LogP contribution in [0.15, 0.2) is 51.2 Å². The molecule has 2 aromatic rings. The molecule has 0 atom stereocenters. The highest BCUT2D eigenvalue weighted by atomic mass is 35.5. The molecule has 0 amide bonds. The molecule has 88 valence electrons. The summed E-state index contributed by atoms with van der Waals surface area (Å²) >= 11 is 5.39. The minimum Gasteiger partial charge on any atom is -0.392 e. The molecule has 0 spiro atoms. The summed E-state index contributed by atoms with van der Waals surface area (Å²) in [6.45, 7) is 0.410. The van der Waals surface area contributed by atoms with Crippen molar-refractivity contribution in [2.24, 2.45) is 0 Å². The third-order valence-corrected chi connectivity index (χ3v) is 2.38. The summed E-state index contributed by atoms with van der Waals surface area (Å²) in [6, 6.07) is 9.61. The van der Waals surface area contributed by atoms with Crippen molar-refractivity contribution in [3.05, 3.63) is 63.9 Å². The van der Waals surface area contributed by atoms with Crippen molar-refractivity contribution in [3.63, 3.8) is 0 Å². The second-order valence-corrected chi connectivity index (χ2v) is 3.72. The largest absolute Gasteiger partial charge is 0.437 e. The van der Waals surface area contributed by atoms with Gasteiger partial charge in [-0.3, -0.25) is 0 Å². The number of halogens is 1. The molecular formula is C12H11ClN2O2. The van der Waals surface area contributed by atoms with E-state index in [4.69, 9.17) is 16.0 Å². The third kappa shape index (κ3) is 3.07. The number of benzene rings is 1. The highest BCUT2D eigenvalue weighted by Gasteiger charge is 2.06. The van der Waals surface area contributed by atoms with E-state index in [-0.39, 0.29) is 0 Å². The molecule has 1 aromatic carbocycles. The van der Waals surface area contributed by atoms with Gasteiger partial charge in [0.2, 0.25) is 5.89 Å². The lowest BCUT2D eigenvalue weighted by Gasteiger charge is -1.97. The molecule has 2 rings (SSSR count). The Hall–Kier alpha value is -1.81. The molecule has 1 aromatic heterocycles. The van der Waals surface area contributed by atoms with Crippen LogP contribution in [0.25, 0.3) is 0 Å². The Morgan fingerprint density at radius 1 is 1.35 bits per heavy atom. The Morgan fingerprint density at radius 2 is 2.12 bits per heavy atom. The number of nitrogens with zero attached hydrogens (tertiary/aromatic N) is 2. The van der Waals surface area contributed by atoms with Crippen LogP contribution in [-0.4, -0.2) is 9.78 Å². The van der Waals surface area contributed by atoms with E-state index >= 15 is 0 Å². The van der Waals surface area contributed by atoms with Gasteiger partial charge < -0.3 is 4.42 Å². The predicted octanol–water partition coefficient (Wildman–Crippen LogP) is 2.18. The Kier molecular flexibility index (Phi) is 3.77. The van der Waals surface area contributed by atoms with E-state index in [1.807, 2.05) is 30.3 Å². The minimum absolute atomic E-state index is 0.364. The van der Waals surface area contributed by atoms with Crippen LogP contribution in [0.3, 0.4) is 0 Å². The van der Waals surface area contributed by atoms with Gasteiger partial charge in [0.15, 0.2) is 0 Å². The number of hydrogen-bond acceptors (Lipinski definition) is 3. The molecule has 0 aliphatic rings. The fourth-order valence-electron chi connectivity index (χ4n) is 1.43. The Morgan fingerprint density at radius 3 is 2.82 bits per heavy atom. The quantitative estimate of drug-likeness (QED) is 0.836. The van der Waals surface area contributed by atoms with Crippen molar-refractivity contribution in [2.45, 2.75) is 13.0 Å². The van der Waals surface area contributed by atoms with E-state index in [0.29, 0.717) is 18.9 Å². The SMILES string of the molecule is O=c1oc(CC=CCl)nn1Cc1ccccc1. The van der Waals surface area contributed by atoms with Crippen LogP contribution in [0.1, 0.15) is 11.5 Å². The van der Waals surface area contributed by atoms with Gasteiger partial charge >= 0.3 is 5.76 Å². The summed E-state index contributed by atoms with van der Waals surface area (Å²) in [5, 5.41) is 4.07. The van der Waals surface area contributed by atoms with Crippen LogP contribution < -0.4 is 5.76 Å². The smallest absolute Gasteiger partial charge is 0.392 e. The van der Waals surface area contributed by atoms with Gasteiger partial charge in [-0.05, 0) is 5.56 Å². The standard InChI is InChI=1S/C12H11ClN2O2/c13-8-4-7-11-14-15(12(16)17-11)9-10-5-2-1-3-6-10/h1-6,8H,7,9H2. The van der Waals surface area contributed by atoms with Crippen molar-refractivity contribution < 1.29 is 4.42 Å². The summed E-state index contributed by atoms with van der Waals surface area (Å²) in [5.74, 6) is -0.0883. The van der Waals surface area contributed by atoms with Gasteiger partial charge in [-0.25, -0.2) is 4.79 Å². The molecule has 1 heterocycles. The molecule has 0 bridgehead atoms. The second kappa shape index (κ2) is 5.50. The number of allylic oxidation sites excluding steroid dienone is 1. The fraction of sp³-hybridized carbons (Fsp3) is 0.167. The van der Waals surface area contributed by atoms with E-state index in [2.05, 4.69) is 5.10 Å². The monoisotopic (exact) mass is 250 g/mol. The van der Waals surface area contributed by atoms with E-state index in [1.54, 1.807) is 6.08 Å². The topological polar surface area (TPSA) is 48.0 Å².